The SMILES string of the molecule is CCCc1nc2ccccc2n1C(C)C(N)=O. The number of hydrogen-bond donors (Lipinski definition) is 1. The molecular formula is C13H17N3O. The van der Waals surface area contributed by atoms with Crippen molar-refractivity contribution in [3.8, 4) is 0 Å². The van der Waals surface area contributed by atoms with Crippen LogP contribution in [0, 0.1) is 0 Å². The zero-order valence-electron chi connectivity index (χ0n) is 10.2. The highest BCUT2D eigenvalue weighted by atomic mass is 16.1. The maximum atomic E-state index is 11.4. The molecule has 1 heterocycles. The van der Waals surface area contributed by atoms with E-state index in [-0.39, 0.29) is 11.9 Å². The van der Waals surface area contributed by atoms with Crippen molar-refractivity contribution in [3.63, 3.8) is 0 Å². The first-order valence-corrected chi connectivity index (χ1v) is 5.90. The standard InChI is InChI=1S/C13H17N3O/c1-3-6-12-15-10-7-4-5-8-11(10)16(12)9(2)13(14)17/h4-5,7-9H,3,6H2,1-2H3,(H2,14,17). The Morgan fingerprint density at radius 1 is 1.47 bits per heavy atom. The highest BCUT2D eigenvalue weighted by Crippen LogP contribution is 2.21. The third kappa shape index (κ3) is 2.02. The lowest BCUT2D eigenvalue weighted by Crippen LogP contribution is -2.25. The molecule has 1 aromatic carbocycles. The van der Waals surface area contributed by atoms with Crippen molar-refractivity contribution in [2.24, 2.45) is 5.73 Å². The molecule has 0 bridgehead atoms. The number of primary amides is 1. The van der Waals surface area contributed by atoms with Gasteiger partial charge in [-0.15, -0.1) is 0 Å². The fraction of sp³-hybridized carbons (Fsp3) is 0.385. The van der Waals surface area contributed by atoms with E-state index in [0.29, 0.717) is 0 Å². The number of aromatic nitrogens is 2. The van der Waals surface area contributed by atoms with E-state index in [9.17, 15) is 4.79 Å². The molecule has 2 N–H and O–H groups in total. The van der Waals surface area contributed by atoms with Crippen LogP contribution in [0.3, 0.4) is 0 Å². The maximum absolute atomic E-state index is 11.4. The van der Waals surface area contributed by atoms with Gasteiger partial charge in [0.25, 0.3) is 0 Å². The summed E-state index contributed by atoms with van der Waals surface area (Å²) in [5.41, 5.74) is 7.29. The van der Waals surface area contributed by atoms with Gasteiger partial charge in [-0.3, -0.25) is 4.79 Å². The number of benzene rings is 1. The van der Waals surface area contributed by atoms with Crippen LogP contribution < -0.4 is 5.73 Å². The molecule has 4 nitrogen and oxygen atoms in total. The first kappa shape index (κ1) is 11.6. The Kier molecular flexibility index (Phi) is 3.13. The molecule has 0 aliphatic carbocycles. The van der Waals surface area contributed by atoms with Gasteiger partial charge < -0.3 is 10.3 Å². The molecule has 2 aromatic rings. The summed E-state index contributed by atoms with van der Waals surface area (Å²) in [7, 11) is 0. The van der Waals surface area contributed by atoms with Crippen molar-refractivity contribution in [1.82, 2.24) is 9.55 Å². The molecule has 0 aliphatic heterocycles. The lowest BCUT2D eigenvalue weighted by atomic mass is 10.2. The predicted octanol–water partition coefficient (Wildman–Crippen LogP) is 2.04. The Morgan fingerprint density at radius 3 is 2.82 bits per heavy atom. The van der Waals surface area contributed by atoms with Crippen molar-refractivity contribution >= 4 is 16.9 Å². The molecule has 0 saturated heterocycles. The minimum Gasteiger partial charge on any atom is -0.368 e. The van der Waals surface area contributed by atoms with Gasteiger partial charge in [0.2, 0.25) is 5.91 Å². The Labute approximate surface area is 100 Å². The summed E-state index contributed by atoms with van der Waals surface area (Å²) in [6, 6.07) is 7.47. The molecule has 1 aromatic heterocycles. The minimum atomic E-state index is -0.357. The van der Waals surface area contributed by atoms with E-state index < -0.39 is 0 Å². The van der Waals surface area contributed by atoms with Crippen molar-refractivity contribution in [2.45, 2.75) is 32.7 Å². The Bertz CT molecular complexity index is 545. The van der Waals surface area contributed by atoms with Gasteiger partial charge in [0.15, 0.2) is 0 Å². The van der Waals surface area contributed by atoms with Crippen LogP contribution in [0.15, 0.2) is 24.3 Å². The van der Waals surface area contributed by atoms with Crippen LogP contribution in [0.2, 0.25) is 0 Å². The van der Waals surface area contributed by atoms with Gasteiger partial charge in [0.05, 0.1) is 11.0 Å². The highest BCUT2D eigenvalue weighted by molar-refractivity contribution is 5.82. The van der Waals surface area contributed by atoms with Crippen molar-refractivity contribution in [3.05, 3.63) is 30.1 Å². The first-order chi connectivity index (χ1) is 8.15. The van der Waals surface area contributed by atoms with Gasteiger partial charge in [-0.1, -0.05) is 19.1 Å². The number of carbonyl (C=O) groups is 1. The average molecular weight is 231 g/mol. The van der Waals surface area contributed by atoms with E-state index in [1.165, 1.54) is 0 Å². The maximum Gasteiger partial charge on any atom is 0.240 e. The number of amides is 1. The molecule has 0 saturated carbocycles. The molecule has 0 spiro atoms. The fourth-order valence-corrected chi connectivity index (χ4v) is 2.05. The molecule has 4 heteroatoms. The van der Waals surface area contributed by atoms with Crippen LogP contribution >= 0.6 is 0 Å². The molecule has 90 valence electrons. The predicted molar refractivity (Wildman–Crippen MR) is 67.6 cm³/mol. The first-order valence-electron chi connectivity index (χ1n) is 5.90. The van der Waals surface area contributed by atoms with Crippen molar-refractivity contribution < 1.29 is 4.79 Å². The third-order valence-electron chi connectivity index (χ3n) is 2.94. The quantitative estimate of drug-likeness (QED) is 0.875. The molecule has 1 amide bonds. The molecule has 1 atom stereocenters. The lowest BCUT2D eigenvalue weighted by Gasteiger charge is -2.13. The molecule has 1 unspecified atom stereocenters. The number of fused-ring (bicyclic) bond motifs is 1. The summed E-state index contributed by atoms with van der Waals surface area (Å²) < 4.78 is 1.95. The van der Waals surface area contributed by atoms with E-state index in [2.05, 4.69) is 11.9 Å². The van der Waals surface area contributed by atoms with Crippen LogP contribution in [-0.4, -0.2) is 15.5 Å². The lowest BCUT2D eigenvalue weighted by molar-refractivity contribution is -0.120. The Balaban J connectivity index is 2.63. The van der Waals surface area contributed by atoms with E-state index in [1.54, 1.807) is 0 Å². The number of imidazole rings is 1. The number of aryl methyl sites for hydroxylation is 1. The van der Waals surface area contributed by atoms with Gasteiger partial charge in [-0.05, 0) is 25.5 Å². The second-order valence-electron chi connectivity index (χ2n) is 4.22. The summed E-state index contributed by atoms with van der Waals surface area (Å²) in [6.07, 6.45) is 1.85. The van der Waals surface area contributed by atoms with Crippen molar-refractivity contribution in [2.75, 3.05) is 0 Å². The summed E-state index contributed by atoms with van der Waals surface area (Å²) in [5, 5.41) is 0. The summed E-state index contributed by atoms with van der Waals surface area (Å²) >= 11 is 0. The Hall–Kier alpha value is -1.84. The van der Waals surface area contributed by atoms with Gasteiger partial charge in [0.1, 0.15) is 11.9 Å². The summed E-state index contributed by atoms with van der Waals surface area (Å²) in [4.78, 5) is 15.9. The van der Waals surface area contributed by atoms with Crippen LogP contribution in [0.4, 0.5) is 0 Å². The van der Waals surface area contributed by atoms with Crippen LogP contribution in [0.25, 0.3) is 11.0 Å². The van der Waals surface area contributed by atoms with Crippen LogP contribution in [0.1, 0.15) is 32.1 Å². The van der Waals surface area contributed by atoms with Gasteiger partial charge in [-0.25, -0.2) is 4.98 Å². The second-order valence-corrected chi connectivity index (χ2v) is 4.22. The number of para-hydroxylation sites is 2. The summed E-state index contributed by atoms with van der Waals surface area (Å²) in [6.45, 7) is 3.91. The van der Waals surface area contributed by atoms with Crippen molar-refractivity contribution in [1.29, 1.82) is 0 Å². The third-order valence-corrected chi connectivity index (χ3v) is 2.94. The number of nitrogens with zero attached hydrogens (tertiary/aromatic N) is 2. The molecule has 0 aliphatic rings. The molecule has 0 radical (unpaired) electrons. The average Bonchev–Trinajstić information content (AvgIpc) is 2.66. The monoisotopic (exact) mass is 231 g/mol. The fourth-order valence-electron chi connectivity index (χ4n) is 2.05. The zero-order chi connectivity index (χ0) is 12.4. The Morgan fingerprint density at radius 2 is 2.18 bits per heavy atom. The smallest absolute Gasteiger partial charge is 0.240 e. The van der Waals surface area contributed by atoms with E-state index >= 15 is 0 Å². The number of carbonyl (C=O) groups excluding carboxylic acids is 1. The highest BCUT2D eigenvalue weighted by Gasteiger charge is 2.18. The van der Waals surface area contributed by atoms with E-state index in [4.69, 9.17) is 5.73 Å². The van der Waals surface area contributed by atoms with Crippen LogP contribution in [-0.2, 0) is 11.2 Å². The van der Waals surface area contributed by atoms with Gasteiger partial charge in [0, 0.05) is 6.42 Å². The number of rotatable bonds is 4. The normalized spacial score (nSPS) is 12.8. The number of nitrogens with two attached hydrogens (primary N) is 1. The number of hydrogen-bond acceptors (Lipinski definition) is 2. The molecular weight excluding hydrogens is 214 g/mol. The van der Waals surface area contributed by atoms with Gasteiger partial charge in [-0.2, -0.15) is 0 Å². The largest absolute Gasteiger partial charge is 0.368 e. The van der Waals surface area contributed by atoms with Crippen LogP contribution in [0.5, 0.6) is 0 Å². The minimum absolute atomic E-state index is 0.328. The van der Waals surface area contributed by atoms with E-state index in [0.717, 1.165) is 29.7 Å². The molecule has 0 fully saturated rings. The zero-order valence-corrected chi connectivity index (χ0v) is 10.2. The topological polar surface area (TPSA) is 60.9 Å². The molecule has 17 heavy (non-hydrogen) atoms. The second kappa shape index (κ2) is 4.57. The van der Waals surface area contributed by atoms with E-state index in [1.807, 2.05) is 35.8 Å². The van der Waals surface area contributed by atoms with Gasteiger partial charge >= 0.3 is 0 Å². The molecule has 2 rings (SSSR count). The summed E-state index contributed by atoms with van der Waals surface area (Å²) in [5.74, 6) is 0.602.